The third-order valence-electron chi connectivity index (χ3n) is 3.64. The van der Waals surface area contributed by atoms with E-state index in [9.17, 15) is 0 Å². The first kappa shape index (κ1) is 17.3. The van der Waals surface area contributed by atoms with Gasteiger partial charge in [0.05, 0.1) is 0 Å². The average molecular weight is 260 g/mol. The lowest BCUT2D eigenvalue weighted by molar-refractivity contribution is 0.224. The zero-order valence-electron chi connectivity index (χ0n) is 12.5. The Labute approximate surface area is 113 Å². The third kappa shape index (κ3) is 8.06. The molecule has 0 rings (SSSR count). The molecule has 0 aromatic heterocycles. The highest BCUT2D eigenvalue weighted by Crippen LogP contribution is 2.26. The highest BCUT2D eigenvalue weighted by Gasteiger charge is 2.17. The zero-order valence-corrected chi connectivity index (χ0v) is 13.3. The van der Waals surface area contributed by atoms with Crippen molar-refractivity contribution >= 4 is 11.8 Å². The van der Waals surface area contributed by atoms with Crippen molar-refractivity contribution in [1.29, 1.82) is 0 Å². The standard InChI is InChI=1S/C14H32N2S/c1-6-13(12-17-5)16(4)11-7-8-14(2,3)9-10-15/h13H,6-12,15H2,1-5H3. The maximum atomic E-state index is 5.64. The zero-order chi connectivity index (χ0) is 13.3. The molecule has 0 spiro atoms. The lowest BCUT2D eigenvalue weighted by atomic mass is 9.84. The van der Waals surface area contributed by atoms with E-state index in [0.717, 1.165) is 19.0 Å². The Hall–Kier alpha value is 0.270. The summed E-state index contributed by atoms with van der Waals surface area (Å²) in [5, 5.41) is 0. The molecule has 3 heteroatoms. The van der Waals surface area contributed by atoms with Crippen LogP contribution in [0.3, 0.4) is 0 Å². The van der Waals surface area contributed by atoms with E-state index in [2.05, 4.69) is 39.0 Å². The van der Waals surface area contributed by atoms with Crippen LogP contribution in [0.15, 0.2) is 0 Å². The van der Waals surface area contributed by atoms with Gasteiger partial charge in [0.1, 0.15) is 0 Å². The predicted molar refractivity (Wildman–Crippen MR) is 81.8 cm³/mol. The van der Waals surface area contributed by atoms with E-state index in [1.807, 2.05) is 11.8 Å². The Balaban J connectivity index is 3.86. The fourth-order valence-electron chi connectivity index (χ4n) is 2.25. The number of rotatable bonds is 10. The molecule has 0 saturated carbocycles. The molecule has 0 aliphatic carbocycles. The second-order valence-electron chi connectivity index (χ2n) is 5.80. The molecular weight excluding hydrogens is 228 g/mol. The predicted octanol–water partition coefficient (Wildman–Crippen LogP) is 3.22. The molecule has 0 amide bonds. The van der Waals surface area contributed by atoms with Crippen molar-refractivity contribution in [3.8, 4) is 0 Å². The van der Waals surface area contributed by atoms with Gasteiger partial charge in [0, 0.05) is 11.8 Å². The minimum atomic E-state index is 0.413. The molecule has 0 fully saturated rings. The second kappa shape index (κ2) is 9.23. The Morgan fingerprint density at radius 3 is 2.41 bits per heavy atom. The van der Waals surface area contributed by atoms with Crippen molar-refractivity contribution in [1.82, 2.24) is 4.90 Å². The maximum absolute atomic E-state index is 5.64. The SMILES string of the molecule is CCC(CSC)N(C)CCCC(C)(C)CCN. The summed E-state index contributed by atoms with van der Waals surface area (Å²) in [5.41, 5.74) is 6.06. The second-order valence-corrected chi connectivity index (χ2v) is 6.72. The molecular formula is C14H32N2S. The van der Waals surface area contributed by atoms with Crippen LogP contribution >= 0.6 is 11.8 Å². The molecule has 1 atom stereocenters. The van der Waals surface area contributed by atoms with E-state index in [4.69, 9.17) is 5.73 Å². The molecule has 0 aliphatic heterocycles. The summed E-state index contributed by atoms with van der Waals surface area (Å²) in [5.74, 6) is 1.25. The lowest BCUT2D eigenvalue weighted by Crippen LogP contribution is -2.34. The number of nitrogens with zero attached hydrogens (tertiary/aromatic N) is 1. The van der Waals surface area contributed by atoms with Gasteiger partial charge in [-0.2, -0.15) is 11.8 Å². The van der Waals surface area contributed by atoms with Crippen LogP contribution in [0.1, 0.15) is 46.5 Å². The molecule has 1 unspecified atom stereocenters. The van der Waals surface area contributed by atoms with E-state index in [-0.39, 0.29) is 0 Å². The van der Waals surface area contributed by atoms with E-state index in [0.29, 0.717) is 5.41 Å². The quantitative estimate of drug-likeness (QED) is 0.654. The summed E-state index contributed by atoms with van der Waals surface area (Å²) in [7, 11) is 2.26. The van der Waals surface area contributed by atoms with Crippen LogP contribution in [0.4, 0.5) is 0 Å². The van der Waals surface area contributed by atoms with E-state index in [1.54, 1.807) is 0 Å². The monoisotopic (exact) mass is 260 g/mol. The van der Waals surface area contributed by atoms with Crippen molar-refractivity contribution in [2.24, 2.45) is 11.1 Å². The van der Waals surface area contributed by atoms with Crippen LogP contribution < -0.4 is 5.73 Å². The highest BCUT2D eigenvalue weighted by atomic mass is 32.2. The van der Waals surface area contributed by atoms with E-state index in [1.165, 1.54) is 31.6 Å². The molecule has 2 N–H and O–H groups in total. The highest BCUT2D eigenvalue weighted by molar-refractivity contribution is 7.98. The normalized spacial score (nSPS) is 14.3. The first-order valence-corrected chi connectivity index (χ1v) is 8.25. The Morgan fingerprint density at radius 1 is 1.29 bits per heavy atom. The van der Waals surface area contributed by atoms with Crippen molar-refractivity contribution in [3.05, 3.63) is 0 Å². The van der Waals surface area contributed by atoms with E-state index >= 15 is 0 Å². The Bertz CT molecular complexity index is 183. The fourth-order valence-corrected chi connectivity index (χ4v) is 3.13. The van der Waals surface area contributed by atoms with Gasteiger partial charge >= 0.3 is 0 Å². The first-order valence-electron chi connectivity index (χ1n) is 6.86. The molecule has 0 saturated heterocycles. The van der Waals surface area contributed by atoms with Gasteiger partial charge in [-0.15, -0.1) is 0 Å². The summed E-state index contributed by atoms with van der Waals surface area (Å²) in [6.45, 7) is 8.98. The van der Waals surface area contributed by atoms with Gasteiger partial charge < -0.3 is 10.6 Å². The number of nitrogens with two attached hydrogens (primary N) is 1. The molecule has 0 aliphatic rings. The van der Waals surface area contributed by atoms with Gasteiger partial charge in [-0.25, -0.2) is 0 Å². The summed E-state index contributed by atoms with van der Waals surface area (Å²) in [6.07, 6.45) is 7.15. The molecule has 0 aromatic carbocycles. The lowest BCUT2D eigenvalue weighted by Gasteiger charge is -2.29. The van der Waals surface area contributed by atoms with Crippen LogP contribution in [0.5, 0.6) is 0 Å². The number of hydrogen-bond acceptors (Lipinski definition) is 3. The van der Waals surface area contributed by atoms with Crippen molar-refractivity contribution in [2.45, 2.75) is 52.5 Å². The molecule has 0 heterocycles. The number of hydrogen-bond donors (Lipinski definition) is 1. The van der Waals surface area contributed by atoms with Crippen LogP contribution in [0.2, 0.25) is 0 Å². The molecule has 104 valence electrons. The fraction of sp³-hybridized carbons (Fsp3) is 1.00. The van der Waals surface area contributed by atoms with E-state index < -0.39 is 0 Å². The summed E-state index contributed by atoms with van der Waals surface area (Å²) < 4.78 is 0. The average Bonchev–Trinajstić information content (AvgIpc) is 2.25. The molecule has 0 aromatic rings. The van der Waals surface area contributed by atoms with Gasteiger partial charge in [0.25, 0.3) is 0 Å². The van der Waals surface area contributed by atoms with Gasteiger partial charge in [-0.1, -0.05) is 20.8 Å². The summed E-state index contributed by atoms with van der Waals surface area (Å²) in [4.78, 5) is 2.52. The molecule has 17 heavy (non-hydrogen) atoms. The van der Waals surface area contributed by atoms with Gasteiger partial charge in [-0.3, -0.25) is 0 Å². The van der Waals surface area contributed by atoms with Crippen molar-refractivity contribution in [3.63, 3.8) is 0 Å². The van der Waals surface area contributed by atoms with Gasteiger partial charge in [-0.05, 0) is 57.5 Å². The minimum Gasteiger partial charge on any atom is -0.330 e. The molecule has 2 nitrogen and oxygen atoms in total. The first-order chi connectivity index (χ1) is 7.96. The van der Waals surface area contributed by atoms with Crippen molar-refractivity contribution in [2.75, 3.05) is 32.1 Å². The minimum absolute atomic E-state index is 0.413. The van der Waals surface area contributed by atoms with Gasteiger partial charge in [0.15, 0.2) is 0 Å². The number of thioether (sulfide) groups is 1. The topological polar surface area (TPSA) is 29.3 Å². The van der Waals surface area contributed by atoms with Crippen LogP contribution in [0, 0.1) is 5.41 Å². The largest absolute Gasteiger partial charge is 0.330 e. The summed E-state index contributed by atoms with van der Waals surface area (Å²) in [6, 6.07) is 0.739. The van der Waals surface area contributed by atoms with Crippen molar-refractivity contribution < 1.29 is 0 Å². The molecule has 0 bridgehead atoms. The van der Waals surface area contributed by atoms with Crippen LogP contribution in [-0.4, -0.2) is 43.1 Å². The molecule has 0 radical (unpaired) electrons. The maximum Gasteiger partial charge on any atom is 0.0180 e. The van der Waals surface area contributed by atoms with Crippen LogP contribution in [0.25, 0.3) is 0 Å². The van der Waals surface area contributed by atoms with Gasteiger partial charge in [0.2, 0.25) is 0 Å². The Kier molecular flexibility index (Phi) is 9.38. The van der Waals surface area contributed by atoms with Crippen LogP contribution in [-0.2, 0) is 0 Å². The third-order valence-corrected chi connectivity index (χ3v) is 4.36. The smallest absolute Gasteiger partial charge is 0.0180 e. The Morgan fingerprint density at radius 2 is 1.94 bits per heavy atom. The summed E-state index contributed by atoms with van der Waals surface area (Å²) >= 11 is 1.95.